The third-order valence-electron chi connectivity index (χ3n) is 5.39. The number of hydrogen-bond donors (Lipinski definition) is 2. The molecule has 0 aromatic heterocycles. The number of sulfonamides is 1. The number of nitrogens with zero attached hydrogens (tertiary/aromatic N) is 2. The topological polar surface area (TPSA) is 138 Å². The minimum Gasteiger partial charge on any atom is -0.497 e. The van der Waals surface area contributed by atoms with E-state index in [-0.39, 0.29) is 24.2 Å². The molecule has 38 heavy (non-hydrogen) atoms. The van der Waals surface area contributed by atoms with Crippen LogP contribution in [0.3, 0.4) is 0 Å². The average molecular weight is 548 g/mol. The van der Waals surface area contributed by atoms with E-state index in [1.54, 1.807) is 27.7 Å². The zero-order valence-corrected chi connectivity index (χ0v) is 23.3. The Labute approximate surface area is 225 Å². The van der Waals surface area contributed by atoms with Crippen molar-refractivity contribution in [2.75, 3.05) is 13.7 Å². The second-order valence-corrected chi connectivity index (χ2v) is 11.6. The van der Waals surface area contributed by atoms with Crippen LogP contribution in [0, 0.1) is 11.3 Å². The van der Waals surface area contributed by atoms with Gasteiger partial charge in [0, 0.05) is 6.42 Å². The number of aliphatic hydroxyl groups is 1. The van der Waals surface area contributed by atoms with Crippen molar-refractivity contribution in [2.24, 2.45) is 0 Å². The summed E-state index contributed by atoms with van der Waals surface area (Å²) in [5, 5.41) is 22.8. The molecule has 0 radical (unpaired) electrons. The molecule has 2 aromatic carbocycles. The fourth-order valence-electron chi connectivity index (χ4n) is 3.47. The van der Waals surface area contributed by atoms with Crippen LogP contribution in [-0.2, 0) is 26.0 Å². The molecule has 2 N–H and O–H groups in total. The zero-order chi connectivity index (χ0) is 28.3. The van der Waals surface area contributed by atoms with Gasteiger partial charge in [0.15, 0.2) is 0 Å². The van der Waals surface area contributed by atoms with Crippen LogP contribution in [0.4, 0.5) is 4.79 Å². The summed E-state index contributed by atoms with van der Waals surface area (Å²) in [7, 11) is -2.77. The molecule has 0 spiro atoms. The number of hydrogen-bond acceptors (Lipinski definition) is 8. The Morgan fingerprint density at radius 3 is 2.32 bits per heavy atom. The molecular formula is C27H37N3O7S. The highest BCUT2D eigenvalue weighted by molar-refractivity contribution is 7.89. The number of carbonyl (C=O) groups is 1. The summed E-state index contributed by atoms with van der Waals surface area (Å²) < 4.78 is 38.3. The summed E-state index contributed by atoms with van der Waals surface area (Å²) in [6, 6.07) is 16.0. The molecule has 11 heteroatoms. The van der Waals surface area contributed by atoms with Crippen LogP contribution in [0.1, 0.15) is 46.1 Å². The number of nitrogens with one attached hydrogen (secondary N) is 1. The Balaban J connectivity index is 2.36. The van der Waals surface area contributed by atoms with Crippen LogP contribution in [0.25, 0.3) is 0 Å². The quantitative estimate of drug-likeness (QED) is 0.361. The lowest BCUT2D eigenvalue weighted by Gasteiger charge is -2.31. The molecule has 2 aromatic rings. The van der Waals surface area contributed by atoms with Gasteiger partial charge < -0.3 is 19.9 Å². The van der Waals surface area contributed by atoms with Gasteiger partial charge in [0.2, 0.25) is 0 Å². The molecule has 10 nitrogen and oxygen atoms in total. The largest absolute Gasteiger partial charge is 0.497 e. The van der Waals surface area contributed by atoms with Crippen LogP contribution >= 0.6 is 0 Å². The first-order valence-corrected chi connectivity index (χ1v) is 13.7. The molecule has 0 aliphatic heterocycles. The fraction of sp³-hybridized carbons (Fsp3) is 0.481. The summed E-state index contributed by atoms with van der Waals surface area (Å²) >= 11 is 0. The smallest absolute Gasteiger partial charge is 0.407 e. The maximum atomic E-state index is 13.5. The fourth-order valence-corrected chi connectivity index (χ4v) is 4.80. The second kappa shape index (κ2) is 14.1. The lowest BCUT2D eigenvalue weighted by molar-refractivity contribution is -0.143. The Kier molecular flexibility index (Phi) is 11.5. The third-order valence-corrected chi connectivity index (χ3v) is 7.03. The molecule has 0 fully saturated rings. The number of nitriles is 1. The highest BCUT2D eigenvalue weighted by Crippen LogP contribution is 2.22. The second-order valence-electron chi connectivity index (χ2n) is 9.79. The number of alkyl carbamates (subject to hydrolysis) is 1. The van der Waals surface area contributed by atoms with Crippen molar-refractivity contribution in [2.45, 2.75) is 75.7 Å². The van der Waals surface area contributed by atoms with Gasteiger partial charge in [0.1, 0.15) is 11.4 Å². The highest BCUT2D eigenvalue weighted by Gasteiger charge is 2.33. The van der Waals surface area contributed by atoms with Crippen LogP contribution in [-0.4, -0.2) is 61.6 Å². The van der Waals surface area contributed by atoms with Gasteiger partial charge in [-0.2, -0.15) is 5.26 Å². The zero-order valence-electron chi connectivity index (χ0n) is 22.5. The van der Waals surface area contributed by atoms with Crippen molar-refractivity contribution < 1.29 is 32.6 Å². The number of aliphatic hydroxyl groups excluding tert-OH is 1. The SMILES string of the molecule is COc1ccc(S(=O)(=O)N(C[C@@H](O)[C@H](Cc2ccccc2)NC(=O)OC(C)(C)C)OC(C)CCC#N)cc1. The number of methoxy groups -OCH3 is 1. The van der Waals surface area contributed by atoms with E-state index in [9.17, 15) is 18.3 Å². The third kappa shape index (κ3) is 9.95. The van der Waals surface area contributed by atoms with Gasteiger partial charge in [0.05, 0.1) is 42.9 Å². The molecule has 3 atom stereocenters. The molecule has 0 saturated carbocycles. The van der Waals surface area contributed by atoms with Crippen molar-refractivity contribution in [3.63, 3.8) is 0 Å². The number of carbonyl (C=O) groups excluding carboxylic acids is 1. The summed E-state index contributed by atoms with van der Waals surface area (Å²) in [5.41, 5.74) is 0.0514. The van der Waals surface area contributed by atoms with Crippen LogP contribution in [0.2, 0.25) is 0 Å². The Bertz CT molecular complexity index is 1160. The molecule has 1 amide bonds. The van der Waals surface area contributed by atoms with Gasteiger partial charge in [-0.15, -0.1) is 0 Å². The lowest BCUT2D eigenvalue weighted by Crippen LogP contribution is -2.51. The van der Waals surface area contributed by atoms with Crippen LogP contribution < -0.4 is 10.1 Å². The van der Waals surface area contributed by atoms with E-state index in [1.807, 2.05) is 36.4 Å². The van der Waals surface area contributed by atoms with Gasteiger partial charge in [-0.1, -0.05) is 34.8 Å². The molecule has 0 saturated heterocycles. The van der Waals surface area contributed by atoms with E-state index in [1.165, 1.54) is 31.4 Å². The molecule has 0 aliphatic carbocycles. The molecule has 2 rings (SSSR count). The van der Waals surface area contributed by atoms with Gasteiger partial charge in [-0.3, -0.25) is 4.84 Å². The normalized spacial score (nSPS) is 14.3. The molecular weight excluding hydrogens is 510 g/mol. The lowest BCUT2D eigenvalue weighted by atomic mass is 10.0. The summed E-state index contributed by atoms with van der Waals surface area (Å²) in [4.78, 5) is 18.2. The van der Waals surface area contributed by atoms with E-state index in [4.69, 9.17) is 19.6 Å². The maximum Gasteiger partial charge on any atom is 0.407 e. The van der Waals surface area contributed by atoms with E-state index in [2.05, 4.69) is 5.32 Å². The predicted octanol–water partition coefficient (Wildman–Crippen LogP) is 3.81. The summed E-state index contributed by atoms with van der Waals surface area (Å²) in [6.45, 7) is 6.30. The number of hydroxylamine groups is 1. The highest BCUT2D eigenvalue weighted by atomic mass is 32.2. The van der Waals surface area contributed by atoms with E-state index in [0.717, 1.165) is 10.0 Å². The first kappa shape index (κ1) is 31.1. The van der Waals surface area contributed by atoms with Gasteiger partial charge in [0.25, 0.3) is 10.0 Å². The van der Waals surface area contributed by atoms with E-state index < -0.39 is 46.5 Å². The summed E-state index contributed by atoms with van der Waals surface area (Å²) in [6.07, 6.45) is -2.10. The number of ether oxygens (including phenoxy) is 2. The monoisotopic (exact) mass is 547 g/mol. The Morgan fingerprint density at radius 2 is 1.76 bits per heavy atom. The van der Waals surface area contributed by atoms with Crippen molar-refractivity contribution in [3.8, 4) is 11.8 Å². The Morgan fingerprint density at radius 1 is 1.13 bits per heavy atom. The van der Waals surface area contributed by atoms with E-state index >= 15 is 0 Å². The van der Waals surface area contributed by atoms with Crippen molar-refractivity contribution in [1.82, 2.24) is 9.79 Å². The molecule has 0 bridgehead atoms. The number of benzene rings is 2. The molecule has 0 heterocycles. The van der Waals surface area contributed by atoms with Crippen LogP contribution in [0.15, 0.2) is 59.5 Å². The maximum absolute atomic E-state index is 13.5. The minimum absolute atomic E-state index is 0.0716. The van der Waals surface area contributed by atoms with Gasteiger partial charge >= 0.3 is 6.09 Å². The summed E-state index contributed by atoms with van der Waals surface area (Å²) in [5.74, 6) is 0.475. The predicted molar refractivity (Wildman–Crippen MR) is 142 cm³/mol. The van der Waals surface area contributed by atoms with Crippen molar-refractivity contribution in [1.29, 1.82) is 5.26 Å². The molecule has 0 aliphatic rings. The number of amides is 1. The first-order chi connectivity index (χ1) is 17.9. The number of rotatable bonds is 13. The minimum atomic E-state index is -4.24. The van der Waals surface area contributed by atoms with Crippen molar-refractivity contribution in [3.05, 3.63) is 60.2 Å². The molecule has 1 unspecified atom stereocenters. The molecule has 208 valence electrons. The van der Waals surface area contributed by atoms with Gasteiger partial charge in [-0.05, 0) is 70.4 Å². The Hall–Kier alpha value is -3.17. The van der Waals surface area contributed by atoms with Crippen LogP contribution in [0.5, 0.6) is 5.75 Å². The van der Waals surface area contributed by atoms with E-state index in [0.29, 0.717) is 5.75 Å². The van der Waals surface area contributed by atoms with Crippen molar-refractivity contribution >= 4 is 16.1 Å². The average Bonchev–Trinajstić information content (AvgIpc) is 2.86. The van der Waals surface area contributed by atoms with Gasteiger partial charge in [-0.25, -0.2) is 13.2 Å². The first-order valence-electron chi connectivity index (χ1n) is 12.3. The standard InChI is InChI=1S/C27H37N3O7S/c1-20(10-9-17-28)37-30(38(33,34)23-15-13-22(35-5)14-16-23)19-25(31)24(18-21-11-7-6-8-12-21)29-26(32)36-27(2,3)4/h6-8,11-16,20,24-25,31H,9-10,18-19H2,1-5H3,(H,29,32)/t20?,24-,25+/m0/s1.